The molecule has 1 atom stereocenters. The van der Waals surface area contributed by atoms with Crippen LogP contribution in [-0.4, -0.2) is 53.0 Å². The van der Waals surface area contributed by atoms with Gasteiger partial charge in [-0.3, -0.25) is 4.79 Å². The summed E-state index contributed by atoms with van der Waals surface area (Å²) in [4.78, 5) is 19.4. The van der Waals surface area contributed by atoms with Crippen LogP contribution in [0.4, 0.5) is 17.6 Å². The van der Waals surface area contributed by atoms with Crippen LogP contribution in [0.1, 0.15) is 38.4 Å². The van der Waals surface area contributed by atoms with Crippen molar-refractivity contribution in [2.24, 2.45) is 0 Å². The number of carbonyl (C=O) groups is 1. The zero-order chi connectivity index (χ0) is 36.1. The van der Waals surface area contributed by atoms with Crippen LogP contribution in [0.15, 0.2) is 122 Å². The van der Waals surface area contributed by atoms with Crippen LogP contribution in [0, 0.1) is 52.9 Å². The first-order valence-corrected chi connectivity index (χ1v) is 14.9. The normalized spacial score (nSPS) is 11.0. The quantitative estimate of drug-likeness (QED) is 0.109. The molecule has 0 spiro atoms. The topological polar surface area (TPSA) is 121 Å². The van der Waals surface area contributed by atoms with E-state index in [9.17, 15) is 27.5 Å². The fourth-order valence-corrected chi connectivity index (χ4v) is 4.83. The van der Waals surface area contributed by atoms with Crippen molar-refractivity contribution < 1.29 is 44.4 Å². The molecule has 4 aromatic carbocycles. The van der Waals surface area contributed by atoms with Crippen LogP contribution < -0.4 is 17.0 Å². The van der Waals surface area contributed by atoms with Crippen molar-refractivity contribution in [2.75, 3.05) is 0 Å². The van der Waals surface area contributed by atoms with E-state index >= 15 is 0 Å². The number of carbonyl (C=O) groups excluding carboxylic acids is 1. The zero-order valence-corrected chi connectivity index (χ0v) is 30.5. The number of aromatic nitrogens is 4. The molecule has 0 bridgehead atoms. The van der Waals surface area contributed by atoms with E-state index in [0.29, 0.717) is 6.07 Å². The summed E-state index contributed by atoms with van der Waals surface area (Å²) >= 11 is 0. The standard InChI is InChI=1S/C19H15F2N3O.C12H7F2N3O.C7H7.BrH.Mg/c20-15-6-7-17(18(21)8-15)19(25,9-14-4-2-1-3-5-14)12-24-13-23-11-16(24)10-22;13-8-1-2-10(11(14)3-8)12(18)6-17-7-16-5-9(17)4-15;1-7-5-3-2-4-6-7;;/h1-8,11,13,25H,9,12H2;1-3,5,7H,6H2;2-6H,1H2;1H;/q;;-1;;+2/p-1. The Morgan fingerprint density at radius 2 is 1.29 bits per heavy atom. The molecule has 8 nitrogen and oxygen atoms in total. The Balaban J connectivity index is 0.000000303. The van der Waals surface area contributed by atoms with E-state index in [1.165, 1.54) is 40.2 Å². The van der Waals surface area contributed by atoms with Crippen molar-refractivity contribution in [3.63, 3.8) is 0 Å². The average Bonchev–Trinajstić information content (AvgIpc) is 3.74. The second kappa shape index (κ2) is 20.6. The van der Waals surface area contributed by atoms with Crippen LogP contribution in [0.5, 0.6) is 0 Å². The number of ketones is 1. The fraction of sp³-hybridized carbons (Fsp3) is 0.105. The van der Waals surface area contributed by atoms with E-state index in [4.69, 9.17) is 10.5 Å². The third-order valence-electron chi connectivity index (χ3n) is 7.25. The largest absolute Gasteiger partial charge is 2.00 e. The van der Waals surface area contributed by atoms with Crippen molar-refractivity contribution in [3.8, 4) is 12.1 Å². The van der Waals surface area contributed by atoms with E-state index in [-0.39, 0.29) is 82.1 Å². The molecule has 0 amide bonds. The molecule has 260 valence electrons. The third-order valence-corrected chi connectivity index (χ3v) is 7.25. The first-order valence-electron chi connectivity index (χ1n) is 14.9. The first-order chi connectivity index (χ1) is 24.0. The van der Waals surface area contributed by atoms with Crippen LogP contribution in [0.3, 0.4) is 0 Å². The minimum Gasteiger partial charge on any atom is -1.00 e. The van der Waals surface area contributed by atoms with Crippen molar-refractivity contribution >= 4 is 28.8 Å². The molecule has 52 heavy (non-hydrogen) atoms. The SMILES string of the molecule is N#Cc1cncn1CC(=O)c1ccc(F)cc1F.N#Cc1cncn1CC(O)(Cc1ccccc1)c1ccc(F)cc1F.[Br-].[CH2-]c1ccccc1.[Mg+2]. The van der Waals surface area contributed by atoms with E-state index in [2.05, 4.69) is 16.9 Å². The van der Waals surface area contributed by atoms with Gasteiger partial charge in [0.2, 0.25) is 0 Å². The molecule has 2 aromatic heterocycles. The average molecular weight is 782 g/mol. The van der Waals surface area contributed by atoms with Crippen molar-refractivity contribution in [3.05, 3.63) is 186 Å². The number of nitriles is 2. The smallest absolute Gasteiger partial charge is 1.00 e. The van der Waals surface area contributed by atoms with Gasteiger partial charge in [0, 0.05) is 24.1 Å². The van der Waals surface area contributed by atoms with Gasteiger partial charge in [-0.2, -0.15) is 35.1 Å². The molecule has 1 unspecified atom stereocenters. The molecular formula is C38H29BrF4MgN6O2. The summed E-state index contributed by atoms with van der Waals surface area (Å²) in [5.41, 5.74) is 0.380. The summed E-state index contributed by atoms with van der Waals surface area (Å²) in [6.07, 6.45) is 5.46. The Morgan fingerprint density at radius 1 is 0.769 bits per heavy atom. The summed E-state index contributed by atoms with van der Waals surface area (Å²) in [6.45, 7) is 3.41. The molecule has 0 aliphatic heterocycles. The van der Waals surface area contributed by atoms with Gasteiger partial charge in [0.1, 0.15) is 52.4 Å². The van der Waals surface area contributed by atoms with Crippen LogP contribution in [-0.2, 0) is 25.1 Å². The van der Waals surface area contributed by atoms with Crippen LogP contribution >= 0.6 is 0 Å². The van der Waals surface area contributed by atoms with Gasteiger partial charge in [-0.05, 0) is 23.8 Å². The first kappa shape index (κ1) is 42.9. The number of imidazole rings is 2. The summed E-state index contributed by atoms with van der Waals surface area (Å²) in [7, 11) is 0. The molecule has 1 N–H and O–H groups in total. The Labute approximate surface area is 324 Å². The van der Waals surface area contributed by atoms with Gasteiger partial charge < -0.3 is 31.2 Å². The molecule has 0 aliphatic rings. The molecule has 0 saturated carbocycles. The number of aliphatic hydroxyl groups is 1. The fourth-order valence-electron chi connectivity index (χ4n) is 4.83. The monoisotopic (exact) mass is 780 g/mol. The predicted molar refractivity (Wildman–Crippen MR) is 182 cm³/mol. The van der Waals surface area contributed by atoms with Gasteiger partial charge in [-0.15, -0.1) is 12.1 Å². The maximum Gasteiger partial charge on any atom is 2.00 e. The number of hydrogen-bond acceptors (Lipinski definition) is 6. The van der Waals surface area contributed by atoms with Gasteiger partial charge in [-0.25, -0.2) is 27.5 Å². The molecule has 14 heteroatoms. The molecule has 0 aliphatic carbocycles. The zero-order valence-electron chi connectivity index (χ0n) is 27.5. The second-order valence-corrected chi connectivity index (χ2v) is 10.9. The van der Waals surface area contributed by atoms with Gasteiger partial charge in [0.15, 0.2) is 5.78 Å². The molecule has 0 saturated heterocycles. The summed E-state index contributed by atoms with van der Waals surface area (Å²) in [5, 5.41) is 29.2. The maximum atomic E-state index is 14.4. The Kier molecular flexibility index (Phi) is 17.0. The molecule has 0 fully saturated rings. The Hall–Kier alpha value is -5.25. The van der Waals surface area contributed by atoms with Crippen LogP contribution in [0.25, 0.3) is 0 Å². The molecule has 6 aromatic rings. The van der Waals surface area contributed by atoms with Crippen molar-refractivity contribution in [1.29, 1.82) is 10.5 Å². The van der Waals surface area contributed by atoms with E-state index in [1.54, 1.807) is 0 Å². The van der Waals surface area contributed by atoms with Gasteiger partial charge >= 0.3 is 23.1 Å². The van der Waals surface area contributed by atoms with Crippen molar-refractivity contribution in [1.82, 2.24) is 19.1 Å². The van der Waals surface area contributed by atoms with Crippen molar-refractivity contribution in [2.45, 2.75) is 25.1 Å². The third kappa shape index (κ3) is 11.9. The summed E-state index contributed by atoms with van der Waals surface area (Å²) < 4.78 is 56.5. The van der Waals surface area contributed by atoms with Gasteiger partial charge in [0.25, 0.3) is 0 Å². The second-order valence-electron chi connectivity index (χ2n) is 10.9. The van der Waals surface area contributed by atoms with Crippen LogP contribution in [0.2, 0.25) is 0 Å². The van der Waals surface area contributed by atoms with E-state index < -0.39 is 34.7 Å². The minimum absolute atomic E-state index is 0. The van der Waals surface area contributed by atoms with Gasteiger partial charge in [0.05, 0.1) is 43.7 Å². The summed E-state index contributed by atoms with van der Waals surface area (Å²) in [6, 6.07) is 28.6. The molecule has 6 rings (SSSR count). The summed E-state index contributed by atoms with van der Waals surface area (Å²) in [5.74, 6) is -3.77. The Morgan fingerprint density at radius 3 is 1.81 bits per heavy atom. The minimum atomic E-state index is -1.68. The maximum absolute atomic E-state index is 14.4. The number of hydrogen-bond donors (Lipinski definition) is 1. The molecule has 2 heterocycles. The molecule has 0 radical (unpaired) electrons. The van der Waals surface area contributed by atoms with Gasteiger partial charge in [-0.1, -0.05) is 42.5 Å². The number of benzene rings is 4. The number of Topliss-reactive ketones (excluding diaryl/α,β-unsaturated/α-hetero) is 1. The van der Waals surface area contributed by atoms with E-state index in [1.807, 2.05) is 72.8 Å². The Bertz CT molecular complexity index is 2140. The van der Waals surface area contributed by atoms with E-state index in [0.717, 1.165) is 35.4 Å². The number of halogens is 5. The molecular weight excluding hydrogens is 753 g/mol. The number of nitrogens with zero attached hydrogens (tertiary/aromatic N) is 6. The number of rotatable bonds is 8. The predicted octanol–water partition coefficient (Wildman–Crippen LogP) is 3.57.